The van der Waals surface area contributed by atoms with Crippen LogP contribution in [0.15, 0.2) is 36.5 Å². The number of amides is 1. The summed E-state index contributed by atoms with van der Waals surface area (Å²) >= 11 is 6.39. The number of carbonyl (C=O) groups is 1. The number of halogens is 2. The molecular formula is C23H29ClFN5O. The number of carbonyl (C=O) groups excluding carboxylic acids is 1. The molecule has 2 aromatic rings. The van der Waals surface area contributed by atoms with Crippen molar-refractivity contribution in [1.82, 2.24) is 14.8 Å². The van der Waals surface area contributed by atoms with Gasteiger partial charge >= 0.3 is 0 Å². The van der Waals surface area contributed by atoms with Crippen LogP contribution in [-0.2, 0) is 0 Å². The zero-order valence-electron chi connectivity index (χ0n) is 17.7. The number of likely N-dealkylation sites (tertiary alicyclic amines) is 1. The van der Waals surface area contributed by atoms with Gasteiger partial charge in [-0.15, -0.1) is 0 Å². The second-order valence-electron chi connectivity index (χ2n) is 8.14. The number of nitrogens with zero attached hydrogens (tertiary/aromatic N) is 4. The van der Waals surface area contributed by atoms with Gasteiger partial charge in [0.15, 0.2) is 0 Å². The SMILES string of the molecule is O=C(c1cnc(NCCN2CCN(c3ccc(F)cc3)CC2)c(Cl)c1)N1CCCCC1. The first-order valence-electron chi connectivity index (χ1n) is 11.0. The second kappa shape index (κ2) is 10.3. The molecular weight excluding hydrogens is 417 g/mol. The van der Waals surface area contributed by atoms with Crippen LogP contribution in [0.5, 0.6) is 0 Å². The average Bonchev–Trinajstić information content (AvgIpc) is 2.81. The van der Waals surface area contributed by atoms with E-state index in [2.05, 4.69) is 20.1 Å². The highest BCUT2D eigenvalue weighted by molar-refractivity contribution is 6.33. The molecule has 2 aliphatic rings. The van der Waals surface area contributed by atoms with Crippen molar-refractivity contribution in [2.45, 2.75) is 19.3 Å². The summed E-state index contributed by atoms with van der Waals surface area (Å²) in [4.78, 5) is 23.5. The molecule has 1 aromatic heterocycles. The summed E-state index contributed by atoms with van der Waals surface area (Å²) in [5.74, 6) is 0.422. The predicted octanol–water partition coefficient (Wildman–Crippen LogP) is 3.73. The third-order valence-electron chi connectivity index (χ3n) is 6.02. The van der Waals surface area contributed by atoms with Gasteiger partial charge in [0.2, 0.25) is 0 Å². The van der Waals surface area contributed by atoms with Crippen LogP contribution in [0.1, 0.15) is 29.6 Å². The molecule has 0 atom stereocenters. The fraction of sp³-hybridized carbons (Fsp3) is 0.478. The van der Waals surface area contributed by atoms with Gasteiger partial charge in [-0.05, 0) is 49.6 Å². The van der Waals surface area contributed by atoms with Gasteiger partial charge in [-0.1, -0.05) is 11.6 Å². The number of piperazine rings is 1. The Hall–Kier alpha value is -2.38. The molecule has 2 aliphatic heterocycles. The van der Waals surface area contributed by atoms with E-state index < -0.39 is 0 Å². The maximum Gasteiger partial charge on any atom is 0.255 e. The lowest BCUT2D eigenvalue weighted by Gasteiger charge is -2.36. The standard InChI is InChI=1S/C23H29ClFN5O/c24-21-16-18(23(31)30-9-2-1-3-10-30)17-27-22(21)26-8-11-28-12-14-29(15-13-28)20-6-4-19(25)5-7-20/h4-7,16-17H,1-3,8-15H2,(H,26,27). The van der Waals surface area contributed by atoms with E-state index in [9.17, 15) is 9.18 Å². The minimum absolute atomic E-state index is 0.0136. The summed E-state index contributed by atoms with van der Waals surface area (Å²) in [6, 6.07) is 8.40. The zero-order valence-corrected chi connectivity index (χ0v) is 18.5. The Bertz CT molecular complexity index is 880. The summed E-state index contributed by atoms with van der Waals surface area (Å²) in [7, 11) is 0. The quantitative estimate of drug-likeness (QED) is 0.734. The van der Waals surface area contributed by atoms with E-state index in [1.807, 2.05) is 17.0 Å². The van der Waals surface area contributed by atoms with Gasteiger partial charge in [-0.3, -0.25) is 9.69 Å². The summed E-state index contributed by atoms with van der Waals surface area (Å²) in [5.41, 5.74) is 1.61. The first-order chi connectivity index (χ1) is 15.1. The molecule has 8 heteroatoms. The number of nitrogens with one attached hydrogen (secondary N) is 1. The number of pyridine rings is 1. The van der Waals surface area contributed by atoms with E-state index in [0.717, 1.165) is 70.9 Å². The van der Waals surface area contributed by atoms with Crippen molar-refractivity contribution in [1.29, 1.82) is 0 Å². The Morgan fingerprint density at radius 1 is 1.03 bits per heavy atom. The van der Waals surface area contributed by atoms with Crippen LogP contribution in [0.3, 0.4) is 0 Å². The van der Waals surface area contributed by atoms with E-state index in [4.69, 9.17) is 11.6 Å². The minimum Gasteiger partial charge on any atom is -0.369 e. The molecule has 0 spiro atoms. The number of rotatable bonds is 6. The van der Waals surface area contributed by atoms with Crippen molar-refractivity contribution in [2.75, 3.05) is 62.6 Å². The van der Waals surface area contributed by atoms with Crippen LogP contribution in [0.25, 0.3) is 0 Å². The van der Waals surface area contributed by atoms with Crippen LogP contribution in [-0.4, -0.2) is 73.0 Å². The van der Waals surface area contributed by atoms with Crippen LogP contribution in [0.4, 0.5) is 15.9 Å². The molecule has 166 valence electrons. The number of hydrogen-bond acceptors (Lipinski definition) is 5. The molecule has 0 unspecified atom stereocenters. The first-order valence-corrected chi connectivity index (χ1v) is 11.4. The highest BCUT2D eigenvalue weighted by atomic mass is 35.5. The molecule has 1 amide bonds. The van der Waals surface area contributed by atoms with Crippen molar-refractivity contribution in [3.63, 3.8) is 0 Å². The molecule has 1 aromatic carbocycles. The van der Waals surface area contributed by atoms with Crippen molar-refractivity contribution in [3.05, 3.63) is 52.9 Å². The van der Waals surface area contributed by atoms with Gasteiger partial charge in [-0.2, -0.15) is 0 Å². The Morgan fingerprint density at radius 3 is 2.42 bits per heavy atom. The second-order valence-corrected chi connectivity index (χ2v) is 8.55. The van der Waals surface area contributed by atoms with E-state index in [-0.39, 0.29) is 11.7 Å². The predicted molar refractivity (Wildman–Crippen MR) is 123 cm³/mol. The van der Waals surface area contributed by atoms with E-state index in [1.54, 1.807) is 12.3 Å². The Balaban J connectivity index is 1.22. The molecule has 2 saturated heterocycles. The zero-order chi connectivity index (χ0) is 21.6. The smallest absolute Gasteiger partial charge is 0.255 e. The molecule has 0 saturated carbocycles. The van der Waals surface area contributed by atoms with Gasteiger partial charge in [0, 0.05) is 64.2 Å². The lowest BCUT2D eigenvalue weighted by Crippen LogP contribution is -2.47. The number of aromatic nitrogens is 1. The lowest BCUT2D eigenvalue weighted by molar-refractivity contribution is 0.0724. The van der Waals surface area contributed by atoms with Gasteiger partial charge in [0.1, 0.15) is 11.6 Å². The van der Waals surface area contributed by atoms with Gasteiger partial charge in [0.25, 0.3) is 5.91 Å². The lowest BCUT2D eigenvalue weighted by atomic mass is 10.1. The van der Waals surface area contributed by atoms with Crippen LogP contribution in [0, 0.1) is 5.82 Å². The summed E-state index contributed by atoms with van der Waals surface area (Å²) in [6.45, 7) is 6.95. The minimum atomic E-state index is -0.204. The van der Waals surface area contributed by atoms with Gasteiger partial charge in [0.05, 0.1) is 10.6 Å². The third-order valence-corrected chi connectivity index (χ3v) is 6.30. The Morgan fingerprint density at radius 2 is 1.74 bits per heavy atom. The first kappa shape index (κ1) is 21.8. The molecule has 6 nitrogen and oxygen atoms in total. The van der Waals surface area contributed by atoms with Crippen molar-refractivity contribution < 1.29 is 9.18 Å². The summed E-state index contributed by atoms with van der Waals surface area (Å²) in [5, 5.41) is 3.77. The third kappa shape index (κ3) is 5.66. The molecule has 1 N–H and O–H groups in total. The topological polar surface area (TPSA) is 51.7 Å². The highest BCUT2D eigenvalue weighted by Crippen LogP contribution is 2.22. The average molecular weight is 446 g/mol. The molecule has 4 rings (SSSR count). The molecule has 3 heterocycles. The highest BCUT2D eigenvalue weighted by Gasteiger charge is 2.20. The van der Waals surface area contributed by atoms with Gasteiger partial charge in [-0.25, -0.2) is 9.37 Å². The fourth-order valence-corrected chi connectivity index (χ4v) is 4.41. The summed E-state index contributed by atoms with van der Waals surface area (Å²) in [6.07, 6.45) is 4.93. The maximum atomic E-state index is 13.1. The molecule has 0 bridgehead atoms. The van der Waals surface area contributed by atoms with Gasteiger partial charge < -0.3 is 15.1 Å². The van der Waals surface area contributed by atoms with Crippen LogP contribution in [0.2, 0.25) is 5.02 Å². The fourth-order valence-electron chi connectivity index (χ4n) is 4.18. The summed E-state index contributed by atoms with van der Waals surface area (Å²) < 4.78 is 13.1. The Kier molecular flexibility index (Phi) is 7.25. The monoisotopic (exact) mass is 445 g/mol. The van der Waals surface area contributed by atoms with Crippen LogP contribution >= 0.6 is 11.6 Å². The number of benzene rings is 1. The number of hydrogen-bond donors (Lipinski definition) is 1. The van der Waals surface area contributed by atoms with E-state index >= 15 is 0 Å². The maximum absolute atomic E-state index is 13.1. The number of piperidine rings is 1. The molecule has 31 heavy (non-hydrogen) atoms. The molecule has 0 aliphatic carbocycles. The Labute approximate surface area is 188 Å². The van der Waals surface area contributed by atoms with Crippen molar-refractivity contribution in [3.8, 4) is 0 Å². The largest absolute Gasteiger partial charge is 0.369 e. The number of anilines is 2. The van der Waals surface area contributed by atoms with Crippen molar-refractivity contribution >= 4 is 29.0 Å². The van der Waals surface area contributed by atoms with Crippen LogP contribution < -0.4 is 10.2 Å². The normalized spacial score (nSPS) is 17.6. The van der Waals surface area contributed by atoms with E-state index in [1.165, 1.54) is 18.6 Å². The van der Waals surface area contributed by atoms with Crippen molar-refractivity contribution in [2.24, 2.45) is 0 Å². The molecule has 2 fully saturated rings. The van der Waals surface area contributed by atoms with E-state index in [0.29, 0.717) is 16.4 Å². The molecule has 0 radical (unpaired) electrons.